The summed E-state index contributed by atoms with van der Waals surface area (Å²) in [7, 11) is 1.61. The molecule has 2 N–H and O–H groups in total. The van der Waals surface area contributed by atoms with Gasteiger partial charge in [0.2, 0.25) is 11.8 Å². The van der Waals surface area contributed by atoms with E-state index in [4.69, 9.17) is 4.74 Å². The van der Waals surface area contributed by atoms with Gasteiger partial charge in [-0.15, -0.1) is 0 Å². The van der Waals surface area contributed by atoms with Crippen LogP contribution < -0.4 is 15.4 Å². The van der Waals surface area contributed by atoms with E-state index in [0.717, 1.165) is 11.3 Å². The van der Waals surface area contributed by atoms with Gasteiger partial charge >= 0.3 is 0 Å². The molecular formula is C15H22N2O3. The second kappa shape index (κ2) is 8.19. The second-order valence-electron chi connectivity index (χ2n) is 4.85. The van der Waals surface area contributed by atoms with Gasteiger partial charge in [0.05, 0.1) is 13.7 Å². The molecule has 0 saturated carbocycles. The molecule has 0 aliphatic heterocycles. The molecule has 0 saturated heterocycles. The number of hydrogen-bond acceptors (Lipinski definition) is 3. The van der Waals surface area contributed by atoms with Crippen LogP contribution in [-0.4, -0.2) is 31.5 Å². The van der Waals surface area contributed by atoms with Crippen LogP contribution >= 0.6 is 0 Å². The summed E-state index contributed by atoms with van der Waals surface area (Å²) in [5, 5.41) is 5.32. The fourth-order valence-electron chi connectivity index (χ4n) is 1.73. The van der Waals surface area contributed by atoms with Gasteiger partial charge in [-0.05, 0) is 38.0 Å². The third-order valence-corrected chi connectivity index (χ3v) is 2.67. The molecule has 110 valence electrons. The minimum Gasteiger partial charge on any atom is -0.497 e. The Balaban J connectivity index is 2.30. The molecule has 0 unspecified atom stereocenters. The van der Waals surface area contributed by atoms with Crippen LogP contribution in [0.5, 0.6) is 5.75 Å². The predicted octanol–water partition coefficient (Wildman–Crippen LogP) is 1.27. The Labute approximate surface area is 119 Å². The van der Waals surface area contributed by atoms with Crippen LogP contribution in [0.1, 0.15) is 25.8 Å². The Kier molecular flexibility index (Phi) is 6.56. The molecule has 1 aromatic carbocycles. The average Bonchev–Trinajstić information content (AvgIpc) is 2.42. The van der Waals surface area contributed by atoms with Crippen molar-refractivity contribution < 1.29 is 14.3 Å². The Hall–Kier alpha value is -2.04. The van der Waals surface area contributed by atoms with Crippen molar-refractivity contribution in [1.82, 2.24) is 10.6 Å². The summed E-state index contributed by atoms with van der Waals surface area (Å²) in [4.78, 5) is 23.0. The van der Waals surface area contributed by atoms with Crippen molar-refractivity contribution in [2.45, 2.75) is 32.7 Å². The maximum absolute atomic E-state index is 11.6. The molecule has 0 radical (unpaired) electrons. The zero-order valence-corrected chi connectivity index (χ0v) is 12.2. The van der Waals surface area contributed by atoms with Crippen LogP contribution in [0.3, 0.4) is 0 Å². The van der Waals surface area contributed by atoms with Crippen molar-refractivity contribution in [3.63, 3.8) is 0 Å². The summed E-state index contributed by atoms with van der Waals surface area (Å²) in [5.74, 6) is 0.473. The van der Waals surface area contributed by atoms with Gasteiger partial charge in [0.1, 0.15) is 5.75 Å². The molecule has 1 aromatic rings. The lowest BCUT2D eigenvalue weighted by Gasteiger charge is -2.09. The number of aryl methyl sites for hydroxylation is 1. The Morgan fingerprint density at radius 3 is 2.65 bits per heavy atom. The van der Waals surface area contributed by atoms with Gasteiger partial charge < -0.3 is 15.4 Å². The molecule has 0 aliphatic rings. The zero-order chi connectivity index (χ0) is 15.0. The van der Waals surface area contributed by atoms with Gasteiger partial charge in [0.15, 0.2) is 0 Å². The van der Waals surface area contributed by atoms with Crippen molar-refractivity contribution in [2.75, 3.05) is 13.7 Å². The first-order valence-corrected chi connectivity index (χ1v) is 6.70. The van der Waals surface area contributed by atoms with E-state index in [1.165, 1.54) is 0 Å². The molecule has 20 heavy (non-hydrogen) atoms. The van der Waals surface area contributed by atoms with Crippen molar-refractivity contribution in [3.8, 4) is 5.75 Å². The van der Waals surface area contributed by atoms with Crippen LogP contribution in [0.4, 0.5) is 0 Å². The molecule has 0 aromatic heterocycles. The molecule has 0 atom stereocenters. The number of carbonyl (C=O) groups is 2. The highest BCUT2D eigenvalue weighted by atomic mass is 16.5. The minimum atomic E-state index is -0.172. The summed E-state index contributed by atoms with van der Waals surface area (Å²) >= 11 is 0. The normalized spacial score (nSPS) is 10.2. The van der Waals surface area contributed by atoms with Crippen LogP contribution in [0.2, 0.25) is 0 Å². The smallest absolute Gasteiger partial charge is 0.239 e. The number of carbonyl (C=O) groups excluding carboxylic acids is 2. The molecule has 2 amide bonds. The van der Waals surface area contributed by atoms with E-state index in [0.29, 0.717) is 12.8 Å². The third kappa shape index (κ3) is 6.22. The van der Waals surface area contributed by atoms with E-state index in [1.807, 2.05) is 38.1 Å². The highest BCUT2D eigenvalue weighted by molar-refractivity contribution is 5.84. The van der Waals surface area contributed by atoms with Gasteiger partial charge in [-0.1, -0.05) is 12.1 Å². The molecule has 0 fully saturated rings. The zero-order valence-electron chi connectivity index (χ0n) is 12.2. The van der Waals surface area contributed by atoms with Crippen LogP contribution in [0.15, 0.2) is 24.3 Å². The Morgan fingerprint density at radius 1 is 1.25 bits per heavy atom. The van der Waals surface area contributed by atoms with E-state index < -0.39 is 0 Å². The molecule has 5 nitrogen and oxygen atoms in total. The third-order valence-electron chi connectivity index (χ3n) is 2.67. The number of rotatable bonds is 7. The fourth-order valence-corrected chi connectivity index (χ4v) is 1.73. The first-order chi connectivity index (χ1) is 9.51. The van der Waals surface area contributed by atoms with E-state index in [-0.39, 0.29) is 24.4 Å². The second-order valence-corrected chi connectivity index (χ2v) is 4.85. The van der Waals surface area contributed by atoms with E-state index in [2.05, 4.69) is 10.6 Å². The number of ether oxygens (including phenoxy) is 1. The molecule has 5 heteroatoms. The van der Waals surface area contributed by atoms with Gasteiger partial charge in [-0.25, -0.2) is 0 Å². The monoisotopic (exact) mass is 278 g/mol. The number of amides is 2. The average molecular weight is 278 g/mol. The van der Waals surface area contributed by atoms with E-state index >= 15 is 0 Å². The van der Waals surface area contributed by atoms with E-state index in [9.17, 15) is 9.59 Å². The van der Waals surface area contributed by atoms with Crippen molar-refractivity contribution >= 4 is 11.8 Å². The predicted molar refractivity (Wildman–Crippen MR) is 77.6 cm³/mol. The summed E-state index contributed by atoms with van der Waals surface area (Å²) in [6, 6.07) is 7.68. The summed E-state index contributed by atoms with van der Waals surface area (Å²) in [6.45, 7) is 3.78. The minimum absolute atomic E-state index is 0.0229. The summed E-state index contributed by atoms with van der Waals surface area (Å²) < 4.78 is 5.12. The molecule has 1 rings (SSSR count). The summed E-state index contributed by atoms with van der Waals surface area (Å²) in [6.07, 6.45) is 0.969. The maximum Gasteiger partial charge on any atom is 0.239 e. The van der Waals surface area contributed by atoms with Gasteiger partial charge in [-0.2, -0.15) is 0 Å². The molecule has 0 spiro atoms. The molecule has 0 heterocycles. The highest BCUT2D eigenvalue weighted by Crippen LogP contribution is 2.13. The number of nitrogens with one attached hydrogen (secondary N) is 2. The van der Waals surface area contributed by atoms with Gasteiger partial charge in [0, 0.05) is 12.5 Å². The summed E-state index contributed by atoms with van der Waals surface area (Å²) in [5.41, 5.74) is 1.03. The lowest BCUT2D eigenvalue weighted by molar-refractivity contribution is -0.126. The van der Waals surface area contributed by atoms with Crippen LogP contribution in [0.25, 0.3) is 0 Å². The first kappa shape index (κ1) is 16.0. The van der Waals surface area contributed by atoms with Crippen molar-refractivity contribution in [2.24, 2.45) is 0 Å². The SMILES string of the molecule is COc1cccc(CCC(=O)NCC(=O)NC(C)C)c1. The van der Waals surface area contributed by atoms with Crippen molar-refractivity contribution in [1.29, 1.82) is 0 Å². The molecule has 0 bridgehead atoms. The number of benzene rings is 1. The van der Waals surface area contributed by atoms with Crippen LogP contribution in [-0.2, 0) is 16.0 Å². The van der Waals surface area contributed by atoms with E-state index in [1.54, 1.807) is 7.11 Å². The Bertz CT molecular complexity index is 458. The largest absolute Gasteiger partial charge is 0.497 e. The lowest BCUT2D eigenvalue weighted by Crippen LogP contribution is -2.39. The number of hydrogen-bond donors (Lipinski definition) is 2. The van der Waals surface area contributed by atoms with Crippen LogP contribution in [0, 0.1) is 0 Å². The molecular weight excluding hydrogens is 256 g/mol. The Morgan fingerprint density at radius 2 is 2.00 bits per heavy atom. The van der Waals surface area contributed by atoms with Gasteiger partial charge in [0.25, 0.3) is 0 Å². The topological polar surface area (TPSA) is 67.4 Å². The highest BCUT2D eigenvalue weighted by Gasteiger charge is 2.07. The first-order valence-electron chi connectivity index (χ1n) is 6.70. The fraction of sp³-hybridized carbons (Fsp3) is 0.467. The van der Waals surface area contributed by atoms with Crippen molar-refractivity contribution in [3.05, 3.63) is 29.8 Å². The standard InChI is InChI=1S/C15H22N2O3/c1-11(2)17-15(19)10-16-14(18)8-7-12-5-4-6-13(9-12)20-3/h4-6,9,11H,7-8,10H2,1-3H3,(H,16,18)(H,17,19). The maximum atomic E-state index is 11.6. The number of methoxy groups -OCH3 is 1. The molecule has 0 aliphatic carbocycles. The lowest BCUT2D eigenvalue weighted by atomic mass is 10.1. The van der Waals surface area contributed by atoms with Gasteiger partial charge in [-0.3, -0.25) is 9.59 Å². The quantitative estimate of drug-likeness (QED) is 0.789.